The fourth-order valence-corrected chi connectivity index (χ4v) is 7.26. The lowest BCUT2D eigenvalue weighted by atomic mass is 10.1. The van der Waals surface area contributed by atoms with E-state index in [0.29, 0.717) is 17.1 Å². The lowest BCUT2D eigenvalue weighted by Crippen LogP contribution is -2.10. The summed E-state index contributed by atoms with van der Waals surface area (Å²) in [6, 6.07) is 49.1. The molecule has 6 heteroatoms. The average molecular weight is 633 g/mol. The van der Waals surface area contributed by atoms with E-state index in [4.69, 9.17) is 22.7 Å². The van der Waals surface area contributed by atoms with Crippen LogP contribution in [0.15, 0.2) is 163 Å². The summed E-state index contributed by atoms with van der Waals surface area (Å²) in [7, 11) is 0. The SMILES string of the molecule is c1ccc(-c2nc3cc(N(c4ccc5c(c4)oc4ccccc45)c4ccc5oc6ccccc6c5c4)c4oc5ccccc5c4c3o2)cc1. The summed E-state index contributed by atoms with van der Waals surface area (Å²) in [4.78, 5) is 7.26. The summed E-state index contributed by atoms with van der Waals surface area (Å²) in [6.07, 6.45) is 0. The molecule has 0 atom stereocenters. The quantitative estimate of drug-likeness (QED) is 0.192. The van der Waals surface area contributed by atoms with Gasteiger partial charge in [0.25, 0.3) is 0 Å². The zero-order valence-corrected chi connectivity index (χ0v) is 25.9. The largest absolute Gasteiger partial charge is 0.456 e. The van der Waals surface area contributed by atoms with Crippen LogP contribution < -0.4 is 4.90 Å². The zero-order chi connectivity index (χ0) is 32.1. The molecule has 6 nitrogen and oxygen atoms in total. The van der Waals surface area contributed by atoms with E-state index in [1.165, 1.54) is 0 Å². The summed E-state index contributed by atoms with van der Waals surface area (Å²) in [5.41, 5.74) is 9.79. The number of hydrogen-bond donors (Lipinski definition) is 0. The van der Waals surface area contributed by atoms with Gasteiger partial charge in [-0.25, -0.2) is 4.98 Å². The number of anilines is 3. The Bertz CT molecular complexity index is 3070. The maximum Gasteiger partial charge on any atom is 0.227 e. The number of para-hydroxylation sites is 3. The zero-order valence-electron chi connectivity index (χ0n) is 25.9. The van der Waals surface area contributed by atoms with Gasteiger partial charge in [0.05, 0.1) is 16.8 Å². The second-order valence-corrected chi connectivity index (χ2v) is 12.3. The number of oxazole rings is 1. The Morgan fingerprint density at radius 2 is 1.00 bits per heavy atom. The maximum absolute atomic E-state index is 6.74. The van der Waals surface area contributed by atoms with Crippen LogP contribution >= 0.6 is 0 Å². The lowest BCUT2D eigenvalue weighted by molar-refractivity contribution is 0.622. The monoisotopic (exact) mass is 632 g/mol. The lowest BCUT2D eigenvalue weighted by Gasteiger charge is -2.25. The Kier molecular flexibility index (Phi) is 5.29. The number of rotatable bonds is 4. The van der Waals surface area contributed by atoms with Gasteiger partial charge >= 0.3 is 0 Å². The summed E-state index contributed by atoms with van der Waals surface area (Å²) in [5.74, 6) is 0.556. The van der Waals surface area contributed by atoms with Crippen LogP contribution in [0.25, 0.3) is 88.4 Å². The highest BCUT2D eigenvalue weighted by molar-refractivity contribution is 6.21. The molecule has 0 fully saturated rings. The Morgan fingerprint density at radius 3 is 1.80 bits per heavy atom. The molecule has 0 aliphatic rings. The molecule has 0 radical (unpaired) electrons. The van der Waals surface area contributed by atoms with Crippen molar-refractivity contribution in [1.82, 2.24) is 4.98 Å². The summed E-state index contributed by atoms with van der Waals surface area (Å²) in [5, 5.41) is 6.06. The van der Waals surface area contributed by atoms with Crippen molar-refractivity contribution in [3.8, 4) is 11.5 Å². The molecule has 4 heterocycles. The molecule has 0 aliphatic heterocycles. The third-order valence-electron chi connectivity index (χ3n) is 9.48. The van der Waals surface area contributed by atoms with Gasteiger partial charge in [0.2, 0.25) is 5.89 Å². The molecule has 11 aromatic rings. The highest BCUT2D eigenvalue weighted by Crippen LogP contribution is 2.47. The van der Waals surface area contributed by atoms with E-state index in [0.717, 1.165) is 88.4 Å². The molecule has 4 aromatic heterocycles. The van der Waals surface area contributed by atoms with Gasteiger partial charge in [0.1, 0.15) is 33.4 Å². The number of aromatic nitrogens is 1. The second kappa shape index (κ2) is 9.86. The molecule has 0 saturated heterocycles. The molecule has 0 N–H and O–H groups in total. The number of hydrogen-bond acceptors (Lipinski definition) is 6. The minimum Gasteiger partial charge on any atom is -0.456 e. The maximum atomic E-state index is 6.74. The molecule has 0 aliphatic carbocycles. The summed E-state index contributed by atoms with van der Waals surface area (Å²) < 4.78 is 25.9. The van der Waals surface area contributed by atoms with Crippen molar-refractivity contribution in [2.24, 2.45) is 0 Å². The Hall–Kier alpha value is -6.79. The highest BCUT2D eigenvalue weighted by atomic mass is 16.4. The molecule has 49 heavy (non-hydrogen) atoms. The van der Waals surface area contributed by atoms with E-state index in [9.17, 15) is 0 Å². The van der Waals surface area contributed by atoms with E-state index in [1.807, 2.05) is 91.0 Å². The van der Waals surface area contributed by atoms with Gasteiger partial charge in [-0.2, -0.15) is 0 Å². The Labute approximate surface area is 278 Å². The van der Waals surface area contributed by atoms with E-state index in [2.05, 4.69) is 59.5 Å². The van der Waals surface area contributed by atoms with Crippen molar-refractivity contribution in [3.05, 3.63) is 146 Å². The van der Waals surface area contributed by atoms with Crippen molar-refractivity contribution in [2.75, 3.05) is 4.90 Å². The van der Waals surface area contributed by atoms with Crippen LogP contribution in [0.4, 0.5) is 17.1 Å². The van der Waals surface area contributed by atoms with E-state index in [1.54, 1.807) is 0 Å². The third kappa shape index (κ3) is 3.85. The molecule has 0 bridgehead atoms. The molecule has 0 spiro atoms. The summed E-state index contributed by atoms with van der Waals surface area (Å²) in [6.45, 7) is 0. The van der Waals surface area contributed by atoms with Gasteiger partial charge in [0, 0.05) is 44.2 Å². The van der Waals surface area contributed by atoms with E-state index in [-0.39, 0.29) is 0 Å². The van der Waals surface area contributed by atoms with Gasteiger partial charge in [0.15, 0.2) is 11.2 Å². The van der Waals surface area contributed by atoms with Crippen LogP contribution in [0.2, 0.25) is 0 Å². The van der Waals surface area contributed by atoms with Gasteiger partial charge in [-0.15, -0.1) is 0 Å². The van der Waals surface area contributed by atoms with Gasteiger partial charge in [-0.05, 0) is 66.7 Å². The van der Waals surface area contributed by atoms with Crippen LogP contribution in [0.3, 0.4) is 0 Å². The Balaban J connectivity index is 1.24. The van der Waals surface area contributed by atoms with E-state index >= 15 is 0 Å². The van der Waals surface area contributed by atoms with Crippen molar-refractivity contribution < 1.29 is 17.7 Å². The van der Waals surface area contributed by atoms with Crippen molar-refractivity contribution >= 4 is 94.0 Å². The van der Waals surface area contributed by atoms with Crippen LogP contribution in [0.5, 0.6) is 0 Å². The smallest absolute Gasteiger partial charge is 0.227 e. The minimum absolute atomic E-state index is 0.556. The number of nitrogens with zero attached hydrogens (tertiary/aromatic N) is 2. The van der Waals surface area contributed by atoms with Gasteiger partial charge in [-0.1, -0.05) is 72.8 Å². The van der Waals surface area contributed by atoms with E-state index < -0.39 is 0 Å². The average Bonchev–Trinajstić information content (AvgIpc) is 3.93. The minimum atomic E-state index is 0.556. The predicted octanol–water partition coefficient (Wildman–Crippen LogP) is 12.7. The molecule has 230 valence electrons. The van der Waals surface area contributed by atoms with Gasteiger partial charge in [-0.3, -0.25) is 0 Å². The Morgan fingerprint density at radius 1 is 0.408 bits per heavy atom. The standard InChI is InChI=1S/C43H24N2O4/c1-2-10-25(11-3-1)43-44-33-24-34(42-40(41(33)49-43)31-14-6-9-17-37(31)48-42)45(26-19-21-38-32(22-26)29-13-5-8-16-36(29)46-38)27-18-20-30-28-12-4-7-15-35(28)47-39(30)23-27/h1-24H. The van der Waals surface area contributed by atoms with Crippen LogP contribution in [-0.4, -0.2) is 4.98 Å². The topological polar surface area (TPSA) is 68.7 Å². The fourth-order valence-electron chi connectivity index (χ4n) is 7.26. The number of furan rings is 3. The first-order valence-electron chi connectivity index (χ1n) is 16.2. The molecule has 0 saturated carbocycles. The third-order valence-corrected chi connectivity index (χ3v) is 9.48. The second-order valence-electron chi connectivity index (χ2n) is 12.3. The number of benzene rings is 7. The van der Waals surface area contributed by atoms with Crippen molar-refractivity contribution in [3.63, 3.8) is 0 Å². The molecule has 0 unspecified atom stereocenters. The summed E-state index contributed by atoms with van der Waals surface area (Å²) >= 11 is 0. The molecule has 0 amide bonds. The first-order valence-corrected chi connectivity index (χ1v) is 16.2. The number of fused-ring (bicyclic) bond motifs is 11. The first-order chi connectivity index (χ1) is 24.3. The van der Waals surface area contributed by atoms with Crippen LogP contribution in [0, 0.1) is 0 Å². The molecule has 11 rings (SSSR count). The highest BCUT2D eigenvalue weighted by Gasteiger charge is 2.26. The molecular formula is C43H24N2O4. The molecular weight excluding hydrogens is 608 g/mol. The first kappa shape index (κ1) is 26.3. The van der Waals surface area contributed by atoms with Crippen molar-refractivity contribution in [2.45, 2.75) is 0 Å². The predicted molar refractivity (Wildman–Crippen MR) is 196 cm³/mol. The van der Waals surface area contributed by atoms with Crippen molar-refractivity contribution in [1.29, 1.82) is 0 Å². The normalized spacial score (nSPS) is 12.1. The van der Waals surface area contributed by atoms with Gasteiger partial charge < -0.3 is 22.6 Å². The van der Waals surface area contributed by atoms with Crippen LogP contribution in [-0.2, 0) is 0 Å². The fraction of sp³-hybridized carbons (Fsp3) is 0. The molecule has 7 aromatic carbocycles. The van der Waals surface area contributed by atoms with Crippen LogP contribution in [0.1, 0.15) is 0 Å².